The molecule has 2 aromatic rings. The summed E-state index contributed by atoms with van der Waals surface area (Å²) in [4.78, 5) is 10.9. The summed E-state index contributed by atoms with van der Waals surface area (Å²) < 4.78 is 6.95. The Balaban J connectivity index is 1.56. The molecular formula is C17H24N6O. The largest absolute Gasteiger partial charge is 0.481 e. The van der Waals surface area contributed by atoms with E-state index in [1.165, 1.54) is 5.56 Å². The number of hydrogen-bond donors (Lipinski definition) is 1. The Morgan fingerprint density at radius 3 is 2.92 bits per heavy atom. The van der Waals surface area contributed by atoms with Crippen LogP contribution in [0.5, 0.6) is 5.88 Å². The number of nitrogens with zero attached hydrogens (tertiary/aromatic N) is 5. The molecule has 0 radical (unpaired) electrons. The fourth-order valence-electron chi connectivity index (χ4n) is 3.03. The van der Waals surface area contributed by atoms with Crippen LogP contribution in [0.3, 0.4) is 0 Å². The molecule has 0 saturated carbocycles. The van der Waals surface area contributed by atoms with Crippen LogP contribution < -0.4 is 10.1 Å². The maximum absolute atomic E-state index is 5.08. The molecule has 0 bridgehead atoms. The van der Waals surface area contributed by atoms with Gasteiger partial charge in [-0.3, -0.25) is 9.67 Å². The van der Waals surface area contributed by atoms with Crippen LogP contribution >= 0.6 is 0 Å². The summed E-state index contributed by atoms with van der Waals surface area (Å²) in [6.45, 7) is 2.66. The van der Waals surface area contributed by atoms with Crippen molar-refractivity contribution in [3.63, 3.8) is 0 Å². The van der Waals surface area contributed by atoms with E-state index >= 15 is 0 Å². The highest BCUT2D eigenvalue weighted by molar-refractivity contribution is 5.80. The Morgan fingerprint density at radius 1 is 1.42 bits per heavy atom. The molecule has 0 aliphatic carbocycles. The molecule has 1 saturated heterocycles. The topological polar surface area (TPSA) is 67.6 Å². The molecule has 1 aliphatic heterocycles. The zero-order valence-corrected chi connectivity index (χ0v) is 14.4. The zero-order valence-electron chi connectivity index (χ0n) is 14.4. The molecule has 1 unspecified atom stereocenters. The van der Waals surface area contributed by atoms with Gasteiger partial charge in [0.1, 0.15) is 0 Å². The summed E-state index contributed by atoms with van der Waals surface area (Å²) in [5, 5.41) is 7.69. The lowest BCUT2D eigenvalue weighted by atomic mass is 10.0. The van der Waals surface area contributed by atoms with E-state index in [2.05, 4.69) is 31.5 Å². The Labute approximate surface area is 142 Å². The smallest absolute Gasteiger partial charge is 0.212 e. The van der Waals surface area contributed by atoms with Crippen LogP contribution in [0, 0.1) is 0 Å². The molecule has 1 fully saturated rings. The molecule has 128 valence electrons. The second-order valence-corrected chi connectivity index (χ2v) is 5.99. The minimum Gasteiger partial charge on any atom is -0.481 e. The van der Waals surface area contributed by atoms with Gasteiger partial charge in [-0.2, -0.15) is 5.10 Å². The highest BCUT2D eigenvalue weighted by Crippen LogP contribution is 2.26. The summed E-state index contributed by atoms with van der Waals surface area (Å²) >= 11 is 0. The van der Waals surface area contributed by atoms with Crippen LogP contribution in [0.2, 0.25) is 0 Å². The Morgan fingerprint density at radius 2 is 2.29 bits per heavy atom. The second-order valence-electron chi connectivity index (χ2n) is 5.99. The van der Waals surface area contributed by atoms with Crippen molar-refractivity contribution >= 4 is 5.96 Å². The molecular weight excluding hydrogens is 304 g/mol. The monoisotopic (exact) mass is 328 g/mol. The number of guanidine groups is 1. The molecule has 0 spiro atoms. The number of aromatic nitrogens is 3. The van der Waals surface area contributed by atoms with E-state index in [-0.39, 0.29) is 0 Å². The Hall–Kier alpha value is -2.57. The van der Waals surface area contributed by atoms with Gasteiger partial charge in [0.2, 0.25) is 5.88 Å². The molecule has 3 rings (SSSR count). The number of likely N-dealkylation sites (tertiary alicyclic amines) is 1. The SMILES string of the molecule is CN=C(NCc1ccc(OC)nc1)N1CCC(c2cnn(C)c2)C1. The predicted octanol–water partition coefficient (Wildman–Crippen LogP) is 1.39. The van der Waals surface area contributed by atoms with Crippen LogP contribution in [-0.2, 0) is 13.6 Å². The van der Waals surface area contributed by atoms with Crippen molar-refractivity contribution in [1.29, 1.82) is 0 Å². The average Bonchev–Trinajstić information content (AvgIpc) is 3.25. The number of pyridine rings is 1. The van der Waals surface area contributed by atoms with Gasteiger partial charge in [-0.05, 0) is 17.5 Å². The van der Waals surface area contributed by atoms with E-state index in [1.807, 2.05) is 43.3 Å². The molecule has 7 heteroatoms. The van der Waals surface area contributed by atoms with Crippen molar-refractivity contribution in [1.82, 2.24) is 25.0 Å². The van der Waals surface area contributed by atoms with E-state index < -0.39 is 0 Å². The lowest BCUT2D eigenvalue weighted by Crippen LogP contribution is -2.39. The quantitative estimate of drug-likeness (QED) is 0.678. The van der Waals surface area contributed by atoms with Gasteiger partial charge in [-0.25, -0.2) is 4.98 Å². The van der Waals surface area contributed by atoms with Crippen LogP contribution in [0.1, 0.15) is 23.5 Å². The Bertz CT molecular complexity index is 693. The first kappa shape index (κ1) is 16.3. The van der Waals surface area contributed by atoms with E-state index in [0.717, 1.165) is 31.0 Å². The van der Waals surface area contributed by atoms with Crippen LogP contribution in [-0.4, -0.2) is 52.9 Å². The fourth-order valence-corrected chi connectivity index (χ4v) is 3.03. The molecule has 1 aliphatic rings. The number of ether oxygens (including phenoxy) is 1. The van der Waals surface area contributed by atoms with E-state index in [9.17, 15) is 0 Å². The first-order valence-corrected chi connectivity index (χ1v) is 8.12. The summed E-state index contributed by atoms with van der Waals surface area (Å²) in [5.41, 5.74) is 2.40. The number of rotatable bonds is 4. The maximum atomic E-state index is 5.08. The third-order valence-corrected chi connectivity index (χ3v) is 4.35. The van der Waals surface area contributed by atoms with Crippen molar-refractivity contribution in [2.24, 2.45) is 12.0 Å². The number of methoxy groups -OCH3 is 1. The average molecular weight is 328 g/mol. The predicted molar refractivity (Wildman–Crippen MR) is 93.1 cm³/mol. The standard InChI is InChI=1S/C17H24N6O/c1-18-17(20-9-13-4-5-16(24-3)19-8-13)23-7-6-14(12-23)15-10-21-22(2)11-15/h4-5,8,10-11,14H,6-7,9,12H2,1-3H3,(H,18,20). The number of aliphatic imine (C=N–C) groups is 1. The number of hydrogen-bond acceptors (Lipinski definition) is 4. The van der Waals surface area contributed by atoms with Crippen LogP contribution in [0.15, 0.2) is 35.7 Å². The normalized spacial score (nSPS) is 18.0. The number of aryl methyl sites for hydroxylation is 1. The van der Waals surface area contributed by atoms with Crippen LogP contribution in [0.4, 0.5) is 0 Å². The van der Waals surface area contributed by atoms with E-state index in [1.54, 1.807) is 7.11 Å². The van der Waals surface area contributed by atoms with Gasteiger partial charge in [-0.15, -0.1) is 0 Å². The van der Waals surface area contributed by atoms with Crippen LogP contribution in [0.25, 0.3) is 0 Å². The second kappa shape index (κ2) is 7.33. The Kier molecular flexibility index (Phi) is 4.98. The van der Waals surface area contributed by atoms with Gasteiger partial charge in [0, 0.05) is 58.1 Å². The van der Waals surface area contributed by atoms with Gasteiger partial charge in [0.25, 0.3) is 0 Å². The molecule has 2 aromatic heterocycles. The first-order chi connectivity index (χ1) is 11.7. The minimum absolute atomic E-state index is 0.514. The molecule has 24 heavy (non-hydrogen) atoms. The van der Waals surface area contributed by atoms with Gasteiger partial charge in [0.15, 0.2) is 5.96 Å². The third kappa shape index (κ3) is 3.67. The summed E-state index contributed by atoms with van der Waals surface area (Å²) in [6.07, 6.45) is 7.01. The highest BCUT2D eigenvalue weighted by Gasteiger charge is 2.26. The first-order valence-electron chi connectivity index (χ1n) is 8.12. The van der Waals surface area contributed by atoms with Gasteiger partial charge in [0.05, 0.1) is 13.3 Å². The van der Waals surface area contributed by atoms with E-state index in [0.29, 0.717) is 18.3 Å². The molecule has 1 N–H and O–H groups in total. The summed E-state index contributed by atoms with van der Waals surface area (Å²) in [5.74, 6) is 2.07. The van der Waals surface area contributed by atoms with Crippen molar-refractivity contribution in [3.05, 3.63) is 41.9 Å². The molecule has 1 atom stereocenters. The molecule has 7 nitrogen and oxygen atoms in total. The van der Waals surface area contributed by atoms with Gasteiger partial charge < -0.3 is 15.0 Å². The van der Waals surface area contributed by atoms with Gasteiger partial charge >= 0.3 is 0 Å². The van der Waals surface area contributed by atoms with Crippen molar-refractivity contribution in [2.75, 3.05) is 27.2 Å². The molecule has 0 aromatic carbocycles. The summed E-state index contributed by atoms with van der Waals surface area (Å²) in [7, 11) is 5.40. The minimum atomic E-state index is 0.514. The van der Waals surface area contributed by atoms with Crippen molar-refractivity contribution in [3.8, 4) is 5.88 Å². The van der Waals surface area contributed by atoms with Crippen molar-refractivity contribution < 1.29 is 4.74 Å². The zero-order chi connectivity index (χ0) is 16.9. The maximum Gasteiger partial charge on any atom is 0.212 e. The third-order valence-electron chi connectivity index (χ3n) is 4.35. The molecule has 3 heterocycles. The number of nitrogens with one attached hydrogen (secondary N) is 1. The lowest BCUT2D eigenvalue weighted by molar-refractivity contribution is 0.397. The molecule has 0 amide bonds. The lowest BCUT2D eigenvalue weighted by Gasteiger charge is -2.21. The van der Waals surface area contributed by atoms with E-state index in [4.69, 9.17) is 4.74 Å². The van der Waals surface area contributed by atoms with Crippen molar-refractivity contribution in [2.45, 2.75) is 18.9 Å². The van der Waals surface area contributed by atoms with Gasteiger partial charge in [-0.1, -0.05) is 6.07 Å². The fraction of sp³-hybridized carbons (Fsp3) is 0.471. The highest BCUT2D eigenvalue weighted by atomic mass is 16.5. The summed E-state index contributed by atoms with van der Waals surface area (Å²) in [6, 6.07) is 3.88.